The second-order valence-electron chi connectivity index (χ2n) is 5.07. The first kappa shape index (κ1) is 13.4. The van der Waals surface area contributed by atoms with Crippen molar-refractivity contribution in [3.63, 3.8) is 0 Å². The molecule has 1 saturated heterocycles. The molecule has 1 aromatic carbocycles. The molecule has 0 bridgehead atoms. The zero-order valence-electron chi connectivity index (χ0n) is 11.1. The number of nitriles is 1. The fourth-order valence-corrected chi connectivity index (χ4v) is 2.72. The van der Waals surface area contributed by atoms with Crippen LogP contribution in [-0.4, -0.2) is 23.7 Å². The summed E-state index contributed by atoms with van der Waals surface area (Å²) >= 11 is 0. The minimum atomic E-state index is -0.775. The third kappa shape index (κ3) is 3.05. The molecular weight excluding hydrogens is 240 g/mol. The van der Waals surface area contributed by atoms with Crippen LogP contribution in [0.2, 0.25) is 0 Å². The summed E-state index contributed by atoms with van der Waals surface area (Å²) in [6.45, 7) is 2.78. The van der Waals surface area contributed by atoms with Crippen molar-refractivity contribution in [2.45, 2.75) is 38.6 Å². The number of piperidine rings is 1. The van der Waals surface area contributed by atoms with Crippen LogP contribution in [0.3, 0.4) is 0 Å². The average molecular weight is 258 g/mol. The van der Waals surface area contributed by atoms with Crippen molar-refractivity contribution in [2.24, 2.45) is 0 Å². The quantitative estimate of drug-likeness (QED) is 0.905. The highest BCUT2D eigenvalue weighted by molar-refractivity contribution is 5.69. The molecule has 0 spiro atoms. The van der Waals surface area contributed by atoms with Crippen LogP contribution in [-0.2, 0) is 4.79 Å². The first-order valence-corrected chi connectivity index (χ1v) is 6.61. The molecule has 2 rings (SSSR count). The molecule has 4 heteroatoms. The minimum Gasteiger partial charge on any atom is -0.481 e. The maximum Gasteiger partial charge on any atom is 0.305 e. The molecule has 1 unspecified atom stereocenters. The summed E-state index contributed by atoms with van der Waals surface area (Å²) in [7, 11) is 0. The van der Waals surface area contributed by atoms with E-state index in [4.69, 9.17) is 5.11 Å². The van der Waals surface area contributed by atoms with Gasteiger partial charge in [0.05, 0.1) is 17.7 Å². The molecule has 0 aliphatic carbocycles. The van der Waals surface area contributed by atoms with E-state index >= 15 is 0 Å². The van der Waals surface area contributed by atoms with Crippen molar-refractivity contribution >= 4 is 11.7 Å². The molecule has 4 nitrogen and oxygen atoms in total. The number of hydrogen-bond donors (Lipinski definition) is 1. The summed E-state index contributed by atoms with van der Waals surface area (Å²) in [6.07, 6.45) is 3.13. The molecule has 1 aliphatic heterocycles. The van der Waals surface area contributed by atoms with Gasteiger partial charge in [0.15, 0.2) is 0 Å². The van der Waals surface area contributed by atoms with Crippen molar-refractivity contribution in [1.29, 1.82) is 5.26 Å². The number of benzene rings is 1. The lowest BCUT2D eigenvalue weighted by molar-refractivity contribution is -0.137. The van der Waals surface area contributed by atoms with Gasteiger partial charge >= 0.3 is 5.97 Å². The van der Waals surface area contributed by atoms with Crippen molar-refractivity contribution in [3.05, 3.63) is 29.3 Å². The first-order valence-electron chi connectivity index (χ1n) is 6.61. The SMILES string of the molecule is Cc1ccc(N2CCCCC2CC(=O)O)c(C#N)c1. The lowest BCUT2D eigenvalue weighted by atomic mass is 9.97. The Bertz CT molecular complexity index is 519. The maximum atomic E-state index is 11.0. The van der Waals surface area contributed by atoms with Crippen LogP contribution in [0.1, 0.15) is 36.8 Å². The van der Waals surface area contributed by atoms with E-state index in [-0.39, 0.29) is 12.5 Å². The normalized spacial score (nSPS) is 18.9. The predicted octanol–water partition coefficient (Wildman–Crippen LogP) is 2.70. The lowest BCUT2D eigenvalue weighted by Crippen LogP contribution is -2.41. The van der Waals surface area contributed by atoms with E-state index in [1.54, 1.807) is 0 Å². The summed E-state index contributed by atoms with van der Waals surface area (Å²) in [4.78, 5) is 13.1. The van der Waals surface area contributed by atoms with Gasteiger partial charge in [0.2, 0.25) is 0 Å². The summed E-state index contributed by atoms with van der Waals surface area (Å²) in [5, 5.41) is 18.3. The van der Waals surface area contributed by atoms with Crippen molar-refractivity contribution in [1.82, 2.24) is 0 Å². The number of anilines is 1. The van der Waals surface area contributed by atoms with Crippen molar-refractivity contribution < 1.29 is 9.90 Å². The Hall–Kier alpha value is -2.02. The van der Waals surface area contributed by atoms with Crippen molar-refractivity contribution in [2.75, 3.05) is 11.4 Å². The van der Waals surface area contributed by atoms with E-state index in [0.717, 1.165) is 37.1 Å². The molecule has 100 valence electrons. The molecule has 1 aromatic rings. The molecule has 1 heterocycles. The van der Waals surface area contributed by atoms with Gasteiger partial charge in [-0.2, -0.15) is 5.26 Å². The molecule has 1 N–H and O–H groups in total. The van der Waals surface area contributed by atoms with Crippen LogP contribution in [0, 0.1) is 18.3 Å². The Kier molecular flexibility index (Phi) is 4.06. The molecule has 19 heavy (non-hydrogen) atoms. The number of hydrogen-bond acceptors (Lipinski definition) is 3. The van der Waals surface area contributed by atoms with E-state index in [0.29, 0.717) is 5.56 Å². The monoisotopic (exact) mass is 258 g/mol. The largest absolute Gasteiger partial charge is 0.481 e. The van der Waals surface area contributed by atoms with E-state index in [1.807, 2.05) is 25.1 Å². The summed E-state index contributed by atoms with van der Waals surface area (Å²) < 4.78 is 0. The second-order valence-corrected chi connectivity index (χ2v) is 5.07. The van der Waals surface area contributed by atoms with E-state index in [9.17, 15) is 10.1 Å². The van der Waals surface area contributed by atoms with Crippen molar-refractivity contribution in [3.8, 4) is 6.07 Å². The van der Waals surface area contributed by atoms with Gasteiger partial charge in [0.1, 0.15) is 6.07 Å². The molecule has 0 amide bonds. The third-order valence-corrected chi connectivity index (χ3v) is 3.62. The summed E-state index contributed by atoms with van der Waals surface area (Å²) in [6, 6.07) is 8.00. The number of aryl methyl sites for hydroxylation is 1. The van der Waals surface area contributed by atoms with Crippen LogP contribution in [0.4, 0.5) is 5.69 Å². The number of rotatable bonds is 3. The molecule has 1 atom stereocenters. The average Bonchev–Trinajstić information content (AvgIpc) is 2.39. The zero-order chi connectivity index (χ0) is 13.8. The fraction of sp³-hybridized carbons (Fsp3) is 0.467. The molecule has 1 fully saturated rings. The maximum absolute atomic E-state index is 11.0. The number of nitrogens with zero attached hydrogens (tertiary/aromatic N) is 2. The summed E-state index contributed by atoms with van der Waals surface area (Å²) in [5.74, 6) is -0.775. The molecule has 0 saturated carbocycles. The van der Waals surface area contributed by atoms with Crippen LogP contribution >= 0.6 is 0 Å². The predicted molar refractivity (Wildman–Crippen MR) is 73.1 cm³/mol. The molecule has 1 aliphatic rings. The lowest BCUT2D eigenvalue weighted by Gasteiger charge is -2.37. The van der Waals surface area contributed by atoms with Gasteiger partial charge in [-0.15, -0.1) is 0 Å². The van der Waals surface area contributed by atoms with Crippen LogP contribution in [0.25, 0.3) is 0 Å². The Labute approximate surface area is 113 Å². The Balaban J connectivity index is 2.32. The highest BCUT2D eigenvalue weighted by atomic mass is 16.4. The van der Waals surface area contributed by atoms with Gasteiger partial charge in [0.25, 0.3) is 0 Å². The standard InChI is InChI=1S/C15H18N2O2/c1-11-5-6-14(12(8-11)10-16)17-7-3-2-4-13(17)9-15(18)19/h5-6,8,13H,2-4,7,9H2,1H3,(H,18,19). The first-order chi connectivity index (χ1) is 9.11. The van der Waals surface area contributed by atoms with Gasteiger partial charge in [-0.25, -0.2) is 0 Å². The van der Waals surface area contributed by atoms with Crippen LogP contribution < -0.4 is 4.90 Å². The number of carbonyl (C=O) groups is 1. The van der Waals surface area contributed by atoms with E-state index in [1.165, 1.54) is 0 Å². The van der Waals surface area contributed by atoms with Gasteiger partial charge < -0.3 is 10.0 Å². The van der Waals surface area contributed by atoms with E-state index < -0.39 is 5.97 Å². The second kappa shape index (κ2) is 5.75. The molecule has 0 radical (unpaired) electrons. The van der Waals surface area contributed by atoms with Gasteiger partial charge in [-0.3, -0.25) is 4.79 Å². The number of carboxylic acid groups (broad SMARTS) is 1. The smallest absolute Gasteiger partial charge is 0.305 e. The molecular formula is C15H18N2O2. The van der Waals surface area contributed by atoms with E-state index in [2.05, 4.69) is 11.0 Å². The fourth-order valence-electron chi connectivity index (χ4n) is 2.72. The van der Waals surface area contributed by atoms with Crippen LogP contribution in [0.5, 0.6) is 0 Å². The summed E-state index contributed by atoms with van der Waals surface area (Å²) in [5.41, 5.74) is 2.56. The van der Waals surface area contributed by atoms with Gasteiger partial charge in [-0.1, -0.05) is 6.07 Å². The highest BCUT2D eigenvalue weighted by Crippen LogP contribution is 2.29. The minimum absolute atomic E-state index is 0.000978. The number of carboxylic acids is 1. The Morgan fingerprint density at radius 1 is 1.53 bits per heavy atom. The van der Waals surface area contributed by atoms with Gasteiger partial charge in [0, 0.05) is 12.6 Å². The number of aliphatic carboxylic acids is 1. The Morgan fingerprint density at radius 2 is 2.32 bits per heavy atom. The highest BCUT2D eigenvalue weighted by Gasteiger charge is 2.26. The zero-order valence-corrected chi connectivity index (χ0v) is 11.1. The van der Waals surface area contributed by atoms with Crippen LogP contribution in [0.15, 0.2) is 18.2 Å². The third-order valence-electron chi connectivity index (χ3n) is 3.62. The topological polar surface area (TPSA) is 64.3 Å². The molecule has 0 aromatic heterocycles. The van der Waals surface area contributed by atoms with Gasteiger partial charge in [-0.05, 0) is 43.9 Å². The Morgan fingerprint density at radius 3 is 3.00 bits per heavy atom.